The molecule has 2 aromatic carbocycles. The molecule has 0 aliphatic carbocycles. The minimum Gasteiger partial charge on any atom is -0.480 e. The summed E-state index contributed by atoms with van der Waals surface area (Å²) in [5.74, 6) is 0.982. The zero-order valence-electron chi connectivity index (χ0n) is 27.2. The molecule has 5 aromatic rings. The second kappa shape index (κ2) is 16.1. The van der Waals surface area contributed by atoms with Gasteiger partial charge in [-0.3, -0.25) is 24.7 Å². The largest absolute Gasteiger partial charge is 0.480 e. The van der Waals surface area contributed by atoms with Crippen LogP contribution in [0.5, 0.6) is 11.8 Å². The maximum Gasteiger partial charge on any atom is 0.237 e. The molecule has 0 unspecified atom stereocenters. The van der Waals surface area contributed by atoms with Gasteiger partial charge in [0.2, 0.25) is 17.7 Å². The Morgan fingerprint density at radius 1 is 0.816 bits per heavy atom. The molecule has 2 N–H and O–H groups in total. The molecule has 0 spiro atoms. The highest BCUT2D eigenvalue weighted by Crippen LogP contribution is 2.42. The Labute approximate surface area is 294 Å². The lowest BCUT2D eigenvalue weighted by Crippen LogP contribution is -2.25. The van der Waals surface area contributed by atoms with Gasteiger partial charge in [0.1, 0.15) is 11.4 Å². The Kier molecular flexibility index (Phi) is 11.2. The fourth-order valence-corrected chi connectivity index (χ4v) is 6.49. The van der Waals surface area contributed by atoms with Gasteiger partial charge in [0, 0.05) is 72.8 Å². The molecule has 1 atom stereocenters. The molecule has 4 heterocycles. The number of ether oxygens (including phenoxy) is 2. The minimum absolute atomic E-state index is 0.123. The fraction of sp³-hybridized carbons (Fsp3) is 0.306. The summed E-state index contributed by atoms with van der Waals surface area (Å²) < 4.78 is 11.2. The summed E-state index contributed by atoms with van der Waals surface area (Å²) in [4.78, 5) is 38.8. The van der Waals surface area contributed by atoms with Crippen molar-refractivity contribution in [3.8, 4) is 45.4 Å². The van der Waals surface area contributed by atoms with Crippen molar-refractivity contribution in [3.05, 3.63) is 94.5 Å². The van der Waals surface area contributed by atoms with E-state index in [0.717, 1.165) is 48.2 Å². The molecule has 6 rings (SSSR count). The first-order chi connectivity index (χ1) is 23.9. The molecule has 1 saturated heterocycles. The summed E-state index contributed by atoms with van der Waals surface area (Å²) in [5, 5.41) is 7.33. The Morgan fingerprint density at radius 3 is 2.04 bits per heavy atom. The number of methoxy groups -OCH3 is 2. The summed E-state index contributed by atoms with van der Waals surface area (Å²) in [6.07, 6.45) is 13.1. The molecule has 1 aliphatic heterocycles. The van der Waals surface area contributed by atoms with E-state index in [4.69, 9.17) is 42.6 Å². The number of aryl methyl sites for hydroxylation is 1. The van der Waals surface area contributed by atoms with Gasteiger partial charge in [-0.2, -0.15) is 0 Å². The van der Waals surface area contributed by atoms with Crippen LogP contribution < -0.4 is 20.1 Å². The van der Waals surface area contributed by atoms with E-state index in [0.29, 0.717) is 75.9 Å². The Morgan fingerprint density at radius 2 is 1.45 bits per heavy atom. The first-order valence-corrected chi connectivity index (χ1v) is 16.8. The highest BCUT2D eigenvalue weighted by molar-refractivity contribution is 6.39. The summed E-state index contributed by atoms with van der Waals surface area (Å²) in [6.45, 7) is 1.17. The van der Waals surface area contributed by atoms with Crippen molar-refractivity contribution in [2.24, 2.45) is 0 Å². The van der Waals surface area contributed by atoms with Gasteiger partial charge in [-0.1, -0.05) is 59.6 Å². The van der Waals surface area contributed by atoms with Crippen molar-refractivity contribution in [1.82, 2.24) is 40.5 Å². The van der Waals surface area contributed by atoms with E-state index in [1.807, 2.05) is 36.4 Å². The third-order valence-corrected chi connectivity index (χ3v) is 9.18. The molecule has 13 heteroatoms. The van der Waals surface area contributed by atoms with Crippen LogP contribution in [0.25, 0.3) is 33.6 Å². The number of amides is 1. The standard InChI is InChI=1S/C36H36Cl2N8O3/c1-48-35-28(11-3-6-22-12-13-32(47)44-22)42-20-29(45-35)26-9-4-7-24(33(26)37)25-8-5-10-27(34(25)38)30-21-43-31(36(46-30)49-2)19-39-15-14-23-18-40-16-17-41-23/h4-5,7-10,16-18,20-22,39H,3,6,11-15,19H2,1-2H3,(H,44,47)/t22-/m1/s1. The highest BCUT2D eigenvalue weighted by Gasteiger charge is 2.22. The van der Waals surface area contributed by atoms with E-state index in [1.54, 1.807) is 45.2 Å². The number of hydrogen-bond donors (Lipinski definition) is 2. The fourth-order valence-electron chi connectivity index (χ4n) is 5.84. The SMILES string of the molecule is COc1nc(-c2cccc(-c3cccc(-c4cnc(CNCCc5cnccn5)c(OC)n4)c3Cl)c2Cl)cnc1CCC[C@@H]1CCC(=O)N1. The summed E-state index contributed by atoms with van der Waals surface area (Å²) in [7, 11) is 3.15. The predicted molar refractivity (Wildman–Crippen MR) is 189 cm³/mol. The molecule has 0 radical (unpaired) electrons. The van der Waals surface area contributed by atoms with Crippen molar-refractivity contribution >= 4 is 29.1 Å². The molecule has 1 amide bonds. The molecule has 1 aliphatic rings. The van der Waals surface area contributed by atoms with Crippen LogP contribution in [0.1, 0.15) is 42.8 Å². The average molecular weight is 700 g/mol. The van der Waals surface area contributed by atoms with Gasteiger partial charge in [-0.25, -0.2) is 9.97 Å². The third kappa shape index (κ3) is 8.13. The molecule has 49 heavy (non-hydrogen) atoms. The van der Waals surface area contributed by atoms with Crippen LogP contribution in [0.4, 0.5) is 0 Å². The van der Waals surface area contributed by atoms with E-state index in [2.05, 4.69) is 30.6 Å². The van der Waals surface area contributed by atoms with E-state index in [-0.39, 0.29) is 11.9 Å². The van der Waals surface area contributed by atoms with Crippen LogP contribution in [0.15, 0.2) is 67.4 Å². The predicted octanol–water partition coefficient (Wildman–Crippen LogP) is 6.32. The van der Waals surface area contributed by atoms with Crippen LogP contribution in [0, 0.1) is 0 Å². The van der Waals surface area contributed by atoms with Crippen LogP contribution in [0.3, 0.4) is 0 Å². The van der Waals surface area contributed by atoms with Crippen LogP contribution in [-0.2, 0) is 24.2 Å². The first-order valence-electron chi connectivity index (χ1n) is 16.1. The summed E-state index contributed by atoms with van der Waals surface area (Å²) in [5.41, 5.74) is 6.36. The molecular weight excluding hydrogens is 663 g/mol. The number of hydrogen-bond acceptors (Lipinski definition) is 10. The van der Waals surface area contributed by atoms with Gasteiger partial charge in [0.25, 0.3) is 0 Å². The van der Waals surface area contributed by atoms with Crippen molar-refractivity contribution in [3.63, 3.8) is 0 Å². The lowest BCUT2D eigenvalue weighted by molar-refractivity contribution is -0.119. The molecule has 11 nitrogen and oxygen atoms in total. The lowest BCUT2D eigenvalue weighted by Gasteiger charge is -2.15. The Bertz CT molecular complexity index is 1930. The molecule has 3 aromatic heterocycles. The van der Waals surface area contributed by atoms with Crippen molar-refractivity contribution in [2.75, 3.05) is 20.8 Å². The van der Waals surface area contributed by atoms with Gasteiger partial charge in [-0.15, -0.1) is 0 Å². The van der Waals surface area contributed by atoms with Gasteiger partial charge >= 0.3 is 0 Å². The van der Waals surface area contributed by atoms with Crippen LogP contribution in [0.2, 0.25) is 10.0 Å². The first kappa shape index (κ1) is 34.2. The van der Waals surface area contributed by atoms with E-state index >= 15 is 0 Å². The lowest BCUT2D eigenvalue weighted by atomic mass is 9.98. The topological polar surface area (TPSA) is 137 Å². The van der Waals surface area contributed by atoms with Crippen molar-refractivity contribution in [2.45, 2.75) is 51.1 Å². The second-order valence-corrected chi connectivity index (χ2v) is 12.3. The number of nitrogens with one attached hydrogen (secondary N) is 2. The Hall–Kier alpha value is -4.71. The number of carbonyl (C=O) groups is 1. The van der Waals surface area contributed by atoms with Crippen molar-refractivity contribution < 1.29 is 14.3 Å². The maximum absolute atomic E-state index is 11.5. The quantitative estimate of drug-likeness (QED) is 0.127. The molecule has 1 fully saturated rings. The number of benzene rings is 2. The third-order valence-electron chi connectivity index (χ3n) is 8.37. The highest BCUT2D eigenvalue weighted by atomic mass is 35.5. The van der Waals surface area contributed by atoms with E-state index < -0.39 is 0 Å². The minimum atomic E-state index is 0.123. The smallest absolute Gasteiger partial charge is 0.237 e. The van der Waals surface area contributed by atoms with Crippen molar-refractivity contribution in [1.29, 1.82) is 0 Å². The zero-order valence-corrected chi connectivity index (χ0v) is 28.8. The molecule has 0 saturated carbocycles. The van der Waals surface area contributed by atoms with Gasteiger partial charge in [0.15, 0.2) is 0 Å². The number of nitrogens with zero attached hydrogens (tertiary/aromatic N) is 6. The van der Waals surface area contributed by atoms with Crippen LogP contribution in [-0.4, -0.2) is 62.6 Å². The molecule has 252 valence electrons. The Balaban J connectivity index is 1.19. The molecule has 0 bridgehead atoms. The second-order valence-electron chi connectivity index (χ2n) is 11.6. The van der Waals surface area contributed by atoms with Crippen LogP contribution >= 0.6 is 23.2 Å². The molecular formula is C36H36Cl2N8O3. The van der Waals surface area contributed by atoms with Gasteiger partial charge in [-0.05, 0) is 25.7 Å². The van der Waals surface area contributed by atoms with Gasteiger partial charge in [0.05, 0.1) is 53.7 Å². The number of halogens is 2. The van der Waals surface area contributed by atoms with E-state index in [9.17, 15) is 4.79 Å². The summed E-state index contributed by atoms with van der Waals surface area (Å²) >= 11 is 14.1. The summed E-state index contributed by atoms with van der Waals surface area (Å²) in [6, 6.07) is 11.7. The van der Waals surface area contributed by atoms with E-state index in [1.165, 1.54) is 0 Å². The monoisotopic (exact) mass is 698 g/mol. The average Bonchev–Trinajstić information content (AvgIpc) is 3.55. The number of rotatable bonds is 14. The number of carbonyl (C=O) groups excluding carboxylic acids is 1. The van der Waals surface area contributed by atoms with Gasteiger partial charge < -0.3 is 20.1 Å². The number of aromatic nitrogens is 6. The zero-order chi connectivity index (χ0) is 34.2. The normalized spacial score (nSPS) is 14.1. The maximum atomic E-state index is 11.5.